The third-order valence-corrected chi connectivity index (χ3v) is 18.3. The van der Waals surface area contributed by atoms with Gasteiger partial charge in [-0.2, -0.15) is 21.0 Å². The predicted octanol–water partition coefficient (Wildman–Crippen LogP) is 20.4. The summed E-state index contributed by atoms with van der Waals surface area (Å²) in [5.41, 5.74) is 19.0. The molecular weight excluding hydrogens is 1230 g/mol. The van der Waals surface area contributed by atoms with Crippen molar-refractivity contribution in [3.63, 3.8) is 0 Å². The first-order chi connectivity index (χ1) is 49.3. The van der Waals surface area contributed by atoms with Gasteiger partial charge < -0.3 is 9.13 Å². The molecule has 0 fully saturated rings. The van der Waals surface area contributed by atoms with Crippen LogP contribution >= 0.6 is 0 Å². The fourth-order valence-corrected chi connectivity index (χ4v) is 13.6. The van der Waals surface area contributed by atoms with Crippen LogP contribution in [0.3, 0.4) is 0 Å². The van der Waals surface area contributed by atoms with E-state index in [9.17, 15) is 21.0 Å². The molecule has 0 unspecified atom stereocenters. The minimum atomic E-state index is 0.418. The smallest absolute Gasteiger partial charge is 0.164 e. The minimum absolute atomic E-state index is 0.418. The van der Waals surface area contributed by atoms with E-state index in [0.717, 1.165) is 133 Å². The number of nitrogens with zero attached hydrogens (tertiary/aromatic N) is 12. The third-order valence-electron chi connectivity index (χ3n) is 18.3. The van der Waals surface area contributed by atoms with Gasteiger partial charge in [0.2, 0.25) is 0 Å². The zero-order valence-electron chi connectivity index (χ0n) is 53.2. The van der Waals surface area contributed by atoms with Gasteiger partial charge in [-0.15, -0.1) is 0 Å². The zero-order valence-corrected chi connectivity index (χ0v) is 53.2. The summed E-state index contributed by atoms with van der Waals surface area (Å²) in [7, 11) is 0. The molecule has 0 aliphatic carbocycles. The van der Waals surface area contributed by atoms with Crippen LogP contribution in [-0.4, -0.2) is 39.0 Å². The van der Waals surface area contributed by atoms with E-state index in [1.807, 2.05) is 182 Å². The van der Waals surface area contributed by atoms with Gasteiger partial charge in [0.25, 0.3) is 0 Å². The van der Waals surface area contributed by atoms with E-state index in [1.165, 1.54) is 0 Å². The molecule has 0 aliphatic heterocycles. The number of hydrogen-bond acceptors (Lipinski definition) is 10. The lowest BCUT2D eigenvalue weighted by atomic mass is 9.92. The first-order valence-electron chi connectivity index (χ1n) is 32.5. The summed E-state index contributed by atoms with van der Waals surface area (Å²) in [4.78, 5) is 31.9. The lowest BCUT2D eigenvalue weighted by molar-refractivity contribution is 1.07. The molecule has 0 amide bonds. The van der Waals surface area contributed by atoms with E-state index in [2.05, 4.69) is 143 Å². The van der Waals surface area contributed by atoms with E-state index in [4.69, 9.17) is 29.9 Å². The first-order valence-corrected chi connectivity index (χ1v) is 32.5. The van der Waals surface area contributed by atoms with Crippen molar-refractivity contribution in [2.75, 3.05) is 0 Å². The molecule has 0 saturated heterocycles. The molecule has 4 aromatic heterocycles. The van der Waals surface area contributed by atoms with Crippen LogP contribution in [0.15, 0.2) is 303 Å². The van der Waals surface area contributed by atoms with E-state index >= 15 is 0 Å². The highest BCUT2D eigenvalue weighted by atomic mass is 15.1. The summed E-state index contributed by atoms with van der Waals surface area (Å²) in [5, 5.41) is 43.9. The van der Waals surface area contributed by atoms with Crippen LogP contribution in [0.5, 0.6) is 0 Å². The molecule has 0 atom stereocenters. The maximum Gasteiger partial charge on any atom is 0.164 e. The third kappa shape index (κ3) is 10.8. The fourth-order valence-electron chi connectivity index (χ4n) is 13.6. The molecule has 17 rings (SSSR count). The quantitative estimate of drug-likeness (QED) is 0.114. The molecule has 13 aromatic carbocycles. The van der Waals surface area contributed by atoms with Crippen molar-refractivity contribution < 1.29 is 0 Å². The van der Waals surface area contributed by atoms with Crippen molar-refractivity contribution in [3.8, 4) is 148 Å². The Labute approximate surface area is 574 Å². The highest BCUT2D eigenvalue weighted by Crippen LogP contribution is 2.44. The van der Waals surface area contributed by atoms with E-state index in [-0.39, 0.29) is 0 Å². The molecule has 0 N–H and O–H groups in total. The molecule has 0 bridgehead atoms. The average Bonchev–Trinajstić information content (AvgIpc) is 1.55. The molecule has 4 heterocycles. The highest BCUT2D eigenvalue weighted by Gasteiger charge is 2.24. The maximum absolute atomic E-state index is 9.97. The average molecular weight is 1280 g/mol. The normalized spacial score (nSPS) is 11.2. The zero-order chi connectivity index (χ0) is 67.2. The van der Waals surface area contributed by atoms with Crippen LogP contribution in [0.1, 0.15) is 22.3 Å². The molecule has 12 heteroatoms. The second kappa shape index (κ2) is 25.0. The Bertz CT molecular complexity index is 5770. The molecule has 12 nitrogen and oxygen atoms in total. The number of para-hydroxylation sites is 2. The van der Waals surface area contributed by atoms with Crippen LogP contribution < -0.4 is 0 Å². The monoisotopic (exact) mass is 1270 g/mol. The maximum atomic E-state index is 9.97. The fraction of sp³-hybridized carbons (Fsp3) is 0. The number of hydrogen-bond donors (Lipinski definition) is 0. The van der Waals surface area contributed by atoms with Gasteiger partial charge in [0.15, 0.2) is 34.9 Å². The Balaban J connectivity index is 0.885. The van der Waals surface area contributed by atoms with Crippen LogP contribution in [0.2, 0.25) is 0 Å². The standard InChI is InChI=1S/C88H50N12/c89-51-55-40-56(52-90)43-67(42-55)63-32-38-81-75(47-63)73-28-13-15-30-79(73)99(81)69-34-36-71(77(49-69)87-95-83(59-18-5-1-6-19-59)93-84(96-87)60-20-7-2-8-21-60)65-26-17-27-66(46-65)72-37-35-70(50-78(72)88-97-85(61-22-9-3-10-23-61)94-86(98-88)62-24-11-4-12-25-62)100-80-31-16-14-29-74(80)76-48-64(33-39-82(76)100)68-44-57(53-91)41-58(45-68)54-92/h1-50H. The second-order valence-corrected chi connectivity index (χ2v) is 24.3. The van der Waals surface area contributed by atoms with Gasteiger partial charge in [-0.25, -0.2) is 29.9 Å². The van der Waals surface area contributed by atoms with E-state index in [0.29, 0.717) is 57.2 Å². The van der Waals surface area contributed by atoms with Gasteiger partial charge >= 0.3 is 0 Å². The lowest BCUT2D eigenvalue weighted by Gasteiger charge is -2.17. The van der Waals surface area contributed by atoms with Crippen molar-refractivity contribution in [1.29, 1.82) is 21.0 Å². The lowest BCUT2D eigenvalue weighted by Crippen LogP contribution is -2.03. The molecule has 0 saturated carbocycles. The molecule has 0 radical (unpaired) electrons. The van der Waals surface area contributed by atoms with Gasteiger partial charge in [-0.05, 0) is 148 Å². The second-order valence-electron chi connectivity index (χ2n) is 24.3. The van der Waals surface area contributed by atoms with E-state index < -0.39 is 0 Å². The molecule has 462 valence electrons. The topological polar surface area (TPSA) is 182 Å². The van der Waals surface area contributed by atoms with Gasteiger partial charge in [-0.1, -0.05) is 200 Å². The minimum Gasteiger partial charge on any atom is -0.309 e. The largest absolute Gasteiger partial charge is 0.309 e. The van der Waals surface area contributed by atoms with Gasteiger partial charge in [0, 0.05) is 66.3 Å². The highest BCUT2D eigenvalue weighted by molar-refractivity contribution is 6.12. The van der Waals surface area contributed by atoms with Crippen molar-refractivity contribution >= 4 is 43.6 Å². The van der Waals surface area contributed by atoms with Crippen LogP contribution in [0, 0.1) is 45.3 Å². The van der Waals surface area contributed by atoms with Gasteiger partial charge in [-0.3, -0.25) is 0 Å². The Morgan fingerprint density at radius 3 is 0.860 bits per heavy atom. The number of aromatic nitrogens is 8. The SMILES string of the molecule is N#Cc1cc(C#N)cc(-c2ccc3c(c2)c2ccccc2n3-c2ccc(-c3cccc(-c4ccc(-n5c6ccccc6c6cc(-c7cc(C#N)cc(C#N)c7)ccc65)cc4-c4nc(-c5ccccc5)nc(-c5ccccc5)n4)c3)c(-c3nc(-c4ccccc4)nc(-c4ccccc4)n3)c2)c1. The Hall–Kier alpha value is -14.6. The van der Waals surface area contributed by atoms with Crippen molar-refractivity contribution in [1.82, 2.24) is 39.0 Å². The Morgan fingerprint density at radius 2 is 0.510 bits per heavy atom. The van der Waals surface area contributed by atoms with Gasteiger partial charge in [0.1, 0.15) is 0 Å². The number of fused-ring (bicyclic) bond motifs is 6. The number of rotatable bonds is 12. The number of nitriles is 4. The van der Waals surface area contributed by atoms with E-state index in [1.54, 1.807) is 12.1 Å². The molecule has 17 aromatic rings. The molecule has 100 heavy (non-hydrogen) atoms. The van der Waals surface area contributed by atoms with Crippen molar-refractivity contribution in [2.45, 2.75) is 0 Å². The molecule has 0 aliphatic rings. The van der Waals surface area contributed by atoms with Gasteiger partial charge in [0.05, 0.1) is 68.6 Å². The van der Waals surface area contributed by atoms with Crippen LogP contribution in [-0.2, 0) is 0 Å². The van der Waals surface area contributed by atoms with Crippen LogP contribution in [0.25, 0.3) is 168 Å². The Morgan fingerprint density at radius 1 is 0.200 bits per heavy atom. The number of benzene rings is 13. The summed E-state index contributed by atoms with van der Waals surface area (Å²) in [6.07, 6.45) is 0. The Kier molecular flexibility index (Phi) is 14.8. The summed E-state index contributed by atoms with van der Waals surface area (Å²) < 4.78 is 4.54. The molecular formula is C88H50N12. The summed E-state index contributed by atoms with van der Waals surface area (Å²) >= 11 is 0. The summed E-state index contributed by atoms with van der Waals surface area (Å²) in [6.45, 7) is 0. The molecule has 0 spiro atoms. The van der Waals surface area contributed by atoms with Crippen molar-refractivity contribution in [3.05, 3.63) is 326 Å². The first kappa shape index (κ1) is 59.2. The summed E-state index contributed by atoms with van der Waals surface area (Å²) in [5.74, 6) is 3.04. The van der Waals surface area contributed by atoms with Crippen LogP contribution in [0.4, 0.5) is 0 Å². The summed E-state index contributed by atoms with van der Waals surface area (Å²) in [6, 6.07) is 110. The predicted molar refractivity (Wildman–Crippen MR) is 395 cm³/mol. The van der Waals surface area contributed by atoms with Crippen molar-refractivity contribution in [2.24, 2.45) is 0 Å².